The molecule has 1 saturated carbocycles. The number of rotatable bonds is 3. The maximum Gasteiger partial charge on any atom is 0.157 e. The van der Waals surface area contributed by atoms with Crippen LogP contribution in [-0.4, -0.2) is 15.1 Å². The van der Waals surface area contributed by atoms with Crippen LogP contribution in [0.25, 0.3) is 0 Å². The molecule has 1 aliphatic rings. The average Bonchev–Trinajstić information content (AvgIpc) is 3.20. The molecular weight excluding hydrogens is 212 g/mol. The Bertz CT molecular complexity index is 486. The molecule has 1 fully saturated rings. The van der Waals surface area contributed by atoms with Crippen LogP contribution >= 0.6 is 0 Å². The molecule has 0 bridgehead atoms. The maximum atomic E-state index is 10.2. The molecule has 86 valence electrons. The molecule has 1 aliphatic carbocycles. The molecule has 3 rings (SSSR count). The van der Waals surface area contributed by atoms with E-state index in [1.54, 1.807) is 18.5 Å². The number of aliphatic hydroxyl groups excluding tert-OH is 1. The molecule has 1 heterocycles. The van der Waals surface area contributed by atoms with E-state index >= 15 is 0 Å². The van der Waals surface area contributed by atoms with Crippen molar-refractivity contribution < 1.29 is 5.11 Å². The quantitative estimate of drug-likeness (QED) is 0.873. The Labute approximate surface area is 100 Å². The van der Waals surface area contributed by atoms with Gasteiger partial charge in [0.1, 0.15) is 6.10 Å². The average molecular weight is 226 g/mol. The van der Waals surface area contributed by atoms with Gasteiger partial charge in [0.15, 0.2) is 5.82 Å². The fourth-order valence-electron chi connectivity index (χ4n) is 2.30. The molecule has 1 N–H and O–H groups in total. The fraction of sp³-hybridized carbons (Fsp3) is 0.286. The third-order valence-corrected chi connectivity index (χ3v) is 3.32. The Hall–Kier alpha value is -1.74. The molecule has 3 nitrogen and oxygen atoms in total. The van der Waals surface area contributed by atoms with Gasteiger partial charge in [-0.25, -0.2) is 9.97 Å². The van der Waals surface area contributed by atoms with E-state index in [9.17, 15) is 5.11 Å². The first-order valence-corrected chi connectivity index (χ1v) is 5.86. The van der Waals surface area contributed by atoms with E-state index in [4.69, 9.17) is 0 Å². The highest BCUT2D eigenvalue weighted by Gasteiger charge is 2.44. The minimum atomic E-state index is -0.540. The summed E-state index contributed by atoms with van der Waals surface area (Å²) in [4.78, 5) is 8.21. The van der Waals surface area contributed by atoms with Crippen LogP contribution < -0.4 is 0 Å². The fourth-order valence-corrected chi connectivity index (χ4v) is 2.30. The van der Waals surface area contributed by atoms with Crippen LogP contribution in [0.2, 0.25) is 0 Å². The molecule has 0 amide bonds. The Balaban J connectivity index is 1.73. The zero-order valence-electron chi connectivity index (χ0n) is 9.40. The van der Waals surface area contributed by atoms with Crippen molar-refractivity contribution in [2.45, 2.75) is 18.4 Å². The van der Waals surface area contributed by atoms with E-state index in [1.165, 1.54) is 5.56 Å². The third-order valence-electron chi connectivity index (χ3n) is 3.32. The number of aromatic nitrogens is 2. The first-order chi connectivity index (χ1) is 8.36. The molecule has 0 aliphatic heterocycles. The van der Waals surface area contributed by atoms with Crippen molar-refractivity contribution in [3.05, 3.63) is 60.2 Å². The van der Waals surface area contributed by atoms with Crippen LogP contribution in [0.15, 0.2) is 48.8 Å². The van der Waals surface area contributed by atoms with E-state index in [-0.39, 0.29) is 5.92 Å². The van der Waals surface area contributed by atoms with Crippen molar-refractivity contribution in [1.82, 2.24) is 9.97 Å². The van der Waals surface area contributed by atoms with Gasteiger partial charge in [0.2, 0.25) is 0 Å². The molecule has 0 saturated heterocycles. The summed E-state index contributed by atoms with van der Waals surface area (Å²) < 4.78 is 0. The molecule has 3 atom stereocenters. The summed E-state index contributed by atoms with van der Waals surface area (Å²) in [6.45, 7) is 0. The normalized spacial score (nSPS) is 24.3. The van der Waals surface area contributed by atoms with Gasteiger partial charge in [-0.1, -0.05) is 30.3 Å². The van der Waals surface area contributed by atoms with Crippen molar-refractivity contribution in [2.24, 2.45) is 5.92 Å². The van der Waals surface area contributed by atoms with Gasteiger partial charge in [0.25, 0.3) is 0 Å². The SMILES string of the molecule is OC(c1ncccn1)C1CC1c1ccccc1. The zero-order valence-corrected chi connectivity index (χ0v) is 9.40. The minimum absolute atomic E-state index is 0.264. The topological polar surface area (TPSA) is 46.0 Å². The molecule has 1 aromatic carbocycles. The lowest BCUT2D eigenvalue weighted by atomic mass is 10.1. The van der Waals surface area contributed by atoms with Gasteiger partial charge in [0, 0.05) is 12.4 Å². The summed E-state index contributed by atoms with van der Waals surface area (Å²) >= 11 is 0. The van der Waals surface area contributed by atoms with Crippen molar-refractivity contribution in [1.29, 1.82) is 0 Å². The maximum absolute atomic E-state index is 10.2. The largest absolute Gasteiger partial charge is 0.385 e. The summed E-state index contributed by atoms with van der Waals surface area (Å²) in [5.74, 6) is 1.26. The van der Waals surface area contributed by atoms with Crippen molar-refractivity contribution in [3.8, 4) is 0 Å². The summed E-state index contributed by atoms with van der Waals surface area (Å²) in [7, 11) is 0. The van der Waals surface area contributed by atoms with E-state index in [0.717, 1.165) is 6.42 Å². The van der Waals surface area contributed by atoms with Crippen molar-refractivity contribution in [2.75, 3.05) is 0 Å². The summed E-state index contributed by atoms with van der Waals surface area (Å²) in [5.41, 5.74) is 1.30. The Kier molecular flexibility index (Phi) is 2.61. The predicted octanol–water partition coefficient (Wildman–Crippen LogP) is 2.31. The number of hydrogen-bond acceptors (Lipinski definition) is 3. The highest BCUT2D eigenvalue weighted by Crippen LogP contribution is 2.53. The second-order valence-corrected chi connectivity index (χ2v) is 4.47. The number of nitrogens with zero attached hydrogens (tertiary/aromatic N) is 2. The van der Waals surface area contributed by atoms with Gasteiger partial charge >= 0.3 is 0 Å². The van der Waals surface area contributed by atoms with Gasteiger partial charge in [-0.3, -0.25) is 0 Å². The van der Waals surface area contributed by atoms with Crippen LogP contribution in [0.4, 0.5) is 0 Å². The molecule has 3 unspecified atom stereocenters. The van der Waals surface area contributed by atoms with Gasteiger partial charge in [-0.15, -0.1) is 0 Å². The summed E-state index contributed by atoms with van der Waals surface area (Å²) in [6, 6.07) is 12.1. The third kappa shape index (κ3) is 2.06. The van der Waals surface area contributed by atoms with Gasteiger partial charge < -0.3 is 5.11 Å². The second kappa shape index (κ2) is 4.26. The summed E-state index contributed by atoms with van der Waals surface area (Å²) in [6.07, 6.45) is 3.82. The lowest BCUT2D eigenvalue weighted by Crippen LogP contribution is -2.05. The first kappa shape index (κ1) is 10.4. The molecule has 1 aromatic heterocycles. The van der Waals surface area contributed by atoms with E-state index < -0.39 is 6.10 Å². The van der Waals surface area contributed by atoms with Crippen molar-refractivity contribution >= 4 is 0 Å². The van der Waals surface area contributed by atoms with Crippen LogP contribution in [0, 0.1) is 5.92 Å². The Morgan fingerprint density at radius 1 is 1.06 bits per heavy atom. The monoisotopic (exact) mass is 226 g/mol. The smallest absolute Gasteiger partial charge is 0.157 e. The van der Waals surface area contributed by atoms with Crippen LogP contribution in [-0.2, 0) is 0 Å². The number of hydrogen-bond donors (Lipinski definition) is 1. The van der Waals surface area contributed by atoms with Crippen molar-refractivity contribution in [3.63, 3.8) is 0 Å². The standard InChI is InChI=1S/C14H14N2O/c17-13(14-15-7-4-8-16-14)12-9-11(12)10-5-2-1-3-6-10/h1-8,11-13,17H,9H2. The van der Waals surface area contributed by atoms with E-state index in [1.807, 2.05) is 18.2 Å². The zero-order chi connectivity index (χ0) is 11.7. The predicted molar refractivity (Wildman–Crippen MR) is 64.3 cm³/mol. The lowest BCUT2D eigenvalue weighted by molar-refractivity contribution is 0.141. The van der Waals surface area contributed by atoms with Crippen LogP contribution in [0.5, 0.6) is 0 Å². The summed E-state index contributed by atoms with van der Waals surface area (Å²) in [5, 5.41) is 10.2. The Morgan fingerprint density at radius 2 is 1.76 bits per heavy atom. The Morgan fingerprint density at radius 3 is 2.47 bits per heavy atom. The van der Waals surface area contributed by atoms with Crippen LogP contribution in [0.1, 0.15) is 29.8 Å². The minimum Gasteiger partial charge on any atom is -0.385 e. The molecule has 0 spiro atoms. The lowest BCUT2D eigenvalue weighted by Gasteiger charge is -2.08. The first-order valence-electron chi connectivity index (χ1n) is 5.86. The molecule has 17 heavy (non-hydrogen) atoms. The highest BCUT2D eigenvalue weighted by atomic mass is 16.3. The molecular formula is C14H14N2O. The molecule has 0 radical (unpaired) electrons. The number of benzene rings is 1. The highest BCUT2D eigenvalue weighted by molar-refractivity contribution is 5.27. The van der Waals surface area contributed by atoms with Crippen LogP contribution in [0.3, 0.4) is 0 Å². The van der Waals surface area contributed by atoms with E-state index in [0.29, 0.717) is 11.7 Å². The van der Waals surface area contributed by atoms with E-state index in [2.05, 4.69) is 22.1 Å². The van der Waals surface area contributed by atoms with Gasteiger partial charge in [-0.2, -0.15) is 0 Å². The number of aliphatic hydroxyl groups is 1. The van der Waals surface area contributed by atoms with Gasteiger partial charge in [0.05, 0.1) is 0 Å². The molecule has 3 heteroatoms. The molecule has 2 aromatic rings. The second-order valence-electron chi connectivity index (χ2n) is 4.47. The van der Waals surface area contributed by atoms with Gasteiger partial charge in [-0.05, 0) is 29.9 Å².